The zero-order valence-corrected chi connectivity index (χ0v) is 14.9. The van der Waals surface area contributed by atoms with Crippen LogP contribution in [0.25, 0.3) is 0 Å². The molecule has 1 unspecified atom stereocenters. The Bertz CT molecular complexity index is 690. The maximum atomic E-state index is 12.7. The van der Waals surface area contributed by atoms with Gasteiger partial charge in [-0.1, -0.05) is 29.8 Å². The second kappa shape index (κ2) is 8.40. The first-order chi connectivity index (χ1) is 11.4. The number of alkyl halides is 3. The van der Waals surface area contributed by atoms with Gasteiger partial charge in [0.2, 0.25) is 0 Å². The lowest BCUT2D eigenvalue weighted by Crippen LogP contribution is -2.46. The molecule has 1 saturated heterocycles. The van der Waals surface area contributed by atoms with Gasteiger partial charge in [0.15, 0.2) is 0 Å². The highest BCUT2D eigenvalue weighted by Gasteiger charge is 2.30. The predicted octanol–water partition coefficient (Wildman–Crippen LogP) is 3.67. The molecule has 1 atom stereocenters. The van der Waals surface area contributed by atoms with E-state index in [0.29, 0.717) is 23.9 Å². The molecule has 0 radical (unpaired) electrons. The van der Waals surface area contributed by atoms with Gasteiger partial charge in [0, 0.05) is 43.1 Å². The Morgan fingerprint density at radius 2 is 2.04 bits per heavy atom. The Morgan fingerprint density at radius 1 is 1.28 bits per heavy atom. The number of imidazole rings is 1. The van der Waals surface area contributed by atoms with Crippen molar-refractivity contribution in [3.63, 3.8) is 0 Å². The molecular weight excluding hydrogens is 376 g/mol. The summed E-state index contributed by atoms with van der Waals surface area (Å²) in [4.78, 5) is 6.23. The zero-order chi connectivity index (χ0) is 17.2. The summed E-state index contributed by atoms with van der Waals surface area (Å²) in [6.45, 7) is 1.52. The normalized spacial score (nSPS) is 18.8. The highest BCUT2D eigenvalue weighted by Crippen LogP contribution is 2.29. The molecule has 138 valence electrons. The van der Waals surface area contributed by atoms with Gasteiger partial charge in [0.1, 0.15) is 12.4 Å². The molecule has 1 aromatic carbocycles. The van der Waals surface area contributed by atoms with E-state index in [9.17, 15) is 13.2 Å². The second-order valence-corrected chi connectivity index (χ2v) is 6.21. The number of rotatable bonds is 4. The Labute approximate surface area is 155 Å². The molecule has 0 spiro atoms. The predicted molar refractivity (Wildman–Crippen MR) is 93.0 cm³/mol. The fourth-order valence-corrected chi connectivity index (χ4v) is 3.26. The molecule has 9 heteroatoms. The first-order valence-corrected chi connectivity index (χ1v) is 8.08. The van der Waals surface area contributed by atoms with Crippen LogP contribution in [0.3, 0.4) is 0 Å². The van der Waals surface area contributed by atoms with Crippen molar-refractivity contribution in [2.75, 3.05) is 19.6 Å². The van der Waals surface area contributed by atoms with Crippen molar-refractivity contribution in [1.29, 1.82) is 0 Å². The van der Waals surface area contributed by atoms with Gasteiger partial charge in [-0.05, 0) is 11.6 Å². The Balaban J connectivity index is 0.00000225. The van der Waals surface area contributed by atoms with E-state index in [1.165, 1.54) is 12.4 Å². The lowest BCUT2D eigenvalue weighted by molar-refractivity contribution is -0.141. The number of piperazine rings is 1. The van der Waals surface area contributed by atoms with Crippen molar-refractivity contribution in [2.24, 2.45) is 0 Å². The van der Waals surface area contributed by atoms with Crippen LogP contribution in [0.5, 0.6) is 0 Å². The van der Waals surface area contributed by atoms with E-state index in [-0.39, 0.29) is 18.4 Å². The second-order valence-electron chi connectivity index (χ2n) is 5.80. The van der Waals surface area contributed by atoms with Crippen LogP contribution in [0.1, 0.15) is 17.4 Å². The van der Waals surface area contributed by atoms with Gasteiger partial charge in [-0.25, -0.2) is 4.98 Å². The van der Waals surface area contributed by atoms with E-state index < -0.39 is 12.7 Å². The molecule has 3 rings (SSSR count). The molecule has 1 aliphatic rings. The summed E-state index contributed by atoms with van der Waals surface area (Å²) >= 11 is 6.30. The van der Waals surface area contributed by atoms with Gasteiger partial charge < -0.3 is 9.88 Å². The summed E-state index contributed by atoms with van der Waals surface area (Å²) in [5.74, 6) is 0.409. The summed E-state index contributed by atoms with van der Waals surface area (Å²) in [5.41, 5.74) is 0.972. The standard InChI is InChI=1S/C16H18ClF3N4.ClH/c17-13-4-2-1-3-12(13)14-9-21-5-7-23(14)10-15-22-6-8-24(15)11-16(18,19)20;/h1-4,6,8,14,21H,5,7,9-11H2;1H. The maximum Gasteiger partial charge on any atom is 0.406 e. The first-order valence-electron chi connectivity index (χ1n) is 7.70. The van der Waals surface area contributed by atoms with Gasteiger partial charge in [-0.3, -0.25) is 4.90 Å². The molecule has 1 fully saturated rings. The topological polar surface area (TPSA) is 33.1 Å². The molecular formula is C16H19Cl2F3N4. The number of hydrogen-bond acceptors (Lipinski definition) is 3. The van der Waals surface area contributed by atoms with E-state index in [1.54, 1.807) is 0 Å². The highest BCUT2D eigenvalue weighted by atomic mass is 35.5. The summed E-state index contributed by atoms with van der Waals surface area (Å²) in [7, 11) is 0. The van der Waals surface area contributed by atoms with Crippen molar-refractivity contribution in [3.8, 4) is 0 Å². The number of aromatic nitrogens is 2. The van der Waals surface area contributed by atoms with E-state index >= 15 is 0 Å². The third kappa shape index (κ3) is 5.10. The number of nitrogens with zero attached hydrogens (tertiary/aromatic N) is 3. The number of benzene rings is 1. The maximum absolute atomic E-state index is 12.7. The minimum absolute atomic E-state index is 0. The Morgan fingerprint density at radius 3 is 2.76 bits per heavy atom. The number of halogens is 5. The fraction of sp³-hybridized carbons (Fsp3) is 0.438. The highest BCUT2D eigenvalue weighted by molar-refractivity contribution is 6.31. The molecule has 0 amide bonds. The van der Waals surface area contributed by atoms with Crippen LogP contribution in [0.2, 0.25) is 5.02 Å². The van der Waals surface area contributed by atoms with Crippen molar-refractivity contribution >= 4 is 24.0 Å². The molecule has 4 nitrogen and oxygen atoms in total. The van der Waals surface area contributed by atoms with Gasteiger partial charge in [0.25, 0.3) is 0 Å². The monoisotopic (exact) mass is 394 g/mol. The molecule has 1 aliphatic heterocycles. The molecule has 0 bridgehead atoms. The van der Waals surface area contributed by atoms with Crippen LogP contribution in [-0.2, 0) is 13.1 Å². The summed E-state index contributed by atoms with van der Waals surface area (Å²) in [6, 6.07) is 7.56. The number of nitrogens with one attached hydrogen (secondary N) is 1. The molecule has 25 heavy (non-hydrogen) atoms. The minimum atomic E-state index is -4.26. The average molecular weight is 395 g/mol. The average Bonchev–Trinajstić information content (AvgIpc) is 2.94. The van der Waals surface area contributed by atoms with Crippen LogP contribution < -0.4 is 5.32 Å². The van der Waals surface area contributed by atoms with E-state index in [0.717, 1.165) is 23.2 Å². The lowest BCUT2D eigenvalue weighted by Gasteiger charge is -2.36. The summed E-state index contributed by atoms with van der Waals surface area (Å²) in [6.07, 6.45) is -1.48. The van der Waals surface area contributed by atoms with E-state index in [2.05, 4.69) is 15.2 Å². The Kier molecular flexibility index (Phi) is 6.73. The molecule has 1 N–H and O–H groups in total. The molecule has 0 saturated carbocycles. The van der Waals surface area contributed by atoms with Crippen LogP contribution >= 0.6 is 24.0 Å². The van der Waals surface area contributed by atoms with Crippen LogP contribution in [0, 0.1) is 0 Å². The SMILES string of the molecule is Cl.FC(F)(F)Cn1ccnc1CN1CCNCC1c1ccccc1Cl. The van der Waals surface area contributed by atoms with Gasteiger partial charge in [-0.2, -0.15) is 13.2 Å². The first kappa shape index (κ1) is 20.0. The smallest absolute Gasteiger partial charge is 0.325 e. The van der Waals surface area contributed by atoms with Gasteiger partial charge >= 0.3 is 6.18 Å². The van der Waals surface area contributed by atoms with Crippen LogP contribution in [0.4, 0.5) is 13.2 Å². The quantitative estimate of drug-likeness (QED) is 0.858. The zero-order valence-electron chi connectivity index (χ0n) is 13.3. The van der Waals surface area contributed by atoms with E-state index in [4.69, 9.17) is 11.6 Å². The molecule has 0 aliphatic carbocycles. The van der Waals surface area contributed by atoms with Crippen molar-refractivity contribution < 1.29 is 13.2 Å². The third-order valence-corrected chi connectivity index (χ3v) is 4.46. The molecule has 2 heterocycles. The van der Waals surface area contributed by atoms with Crippen LogP contribution in [-0.4, -0.2) is 40.3 Å². The molecule has 1 aromatic heterocycles. The van der Waals surface area contributed by atoms with E-state index in [1.807, 2.05) is 24.3 Å². The minimum Gasteiger partial charge on any atom is -0.325 e. The van der Waals surface area contributed by atoms with Crippen molar-refractivity contribution in [1.82, 2.24) is 19.8 Å². The summed E-state index contributed by atoms with van der Waals surface area (Å²) in [5, 5.41) is 3.98. The van der Waals surface area contributed by atoms with Crippen molar-refractivity contribution in [2.45, 2.75) is 25.3 Å². The van der Waals surface area contributed by atoms with Crippen molar-refractivity contribution in [3.05, 3.63) is 53.1 Å². The molecule has 2 aromatic rings. The van der Waals surface area contributed by atoms with Gasteiger partial charge in [0.05, 0.1) is 6.54 Å². The largest absolute Gasteiger partial charge is 0.406 e. The fourth-order valence-electron chi connectivity index (χ4n) is 3.00. The Hall–Kier alpha value is -1.28. The lowest BCUT2D eigenvalue weighted by atomic mass is 10.0. The third-order valence-electron chi connectivity index (χ3n) is 4.11. The van der Waals surface area contributed by atoms with Gasteiger partial charge in [-0.15, -0.1) is 12.4 Å². The van der Waals surface area contributed by atoms with Crippen LogP contribution in [0.15, 0.2) is 36.7 Å². The number of hydrogen-bond donors (Lipinski definition) is 1. The summed E-state index contributed by atoms with van der Waals surface area (Å²) < 4.78 is 39.2.